The van der Waals surface area contributed by atoms with Crippen molar-refractivity contribution >= 4 is 17.6 Å². The summed E-state index contributed by atoms with van der Waals surface area (Å²) in [6.45, 7) is 0. The monoisotopic (exact) mass is 271 g/mol. The number of carboxylic acids is 1. The van der Waals surface area contributed by atoms with Crippen LogP contribution in [-0.2, 0) is 14.3 Å². The fraction of sp³-hybridized carbons (Fsp3) is 0.333. The number of aliphatic carboxylic acids is 1. The fourth-order valence-corrected chi connectivity index (χ4v) is 1.82. The average molecular weight is 271 g/mol. The average Bonchev–Trinajstić information content (AvgIpc) is 2.83. The Morgan fingerprint density at radius 1 is 1.26 bits per heavy atom. The van der Waals surface area contributed by atoms with Gasteiger partial charge in [-0.3, -0.25) is 4.79 Å². The van der Waals surface area contributed by atoms with E-state index in [4.69, 9.17) is 9.84 Å². The van der Waals surface area contributed by atoms with Crippen LogP contribution in [0.25, 0.3) is 0 Å². The number of hydrogen-bond donors (Lipinski definition) is 2. The van der Waals surface area contributed by atoms with Crippen molar-refractivity contribution in [1.82, 2.24) is 0 Å². The molecule has 1 heterocycles. The van der Waals surface area contributed by atoms with Crippen LogP contribution in [0.4, 0.5) is 14.5 Å². The Morgan fingerprint density at radius 3 is 2.58 bits per heavy atom. The van der Waals surface area contributed by atoms with Gasteiger partial charge >= 0.3 is 5.97 Å². The molecule has 2 atom stereocenters. The highest BCUT2D eigenvalue weighted by atomic mass is 19.1. The molecule has 2 rings (SSSR count). The summed E-state index contributed by atoms with van der Waals surface area (Å²) >= 11 is 0. The number of carbonyl (C=O) groups excluding carboxylic acids is 1. The molecule has 1 amide bonds. The van der Waals surface area contributed by atoms with E-state index in [1.54, 1.807) is 0 Å². The van der Waals surface area contributed by atoms with E-state index < -0.39 is 35.7 Å². The lowest BCUT2D eigenvalue weighted by Crippen LogP contribution is -2.30. The molecule has 0 bridgehead atoms. The van der Waals surface area contributed by atoms with Crippen molar-refractivity contribution < 1.29 is 28.2 Å². The van der Waals surface area contributed by atoms with Crippen molar-refractivity contribution in [3.63, 3.8) is 0 Å². The molecule has 1 aromatic rings. The number of carboxylic acid groups (broad SMARTS) is 1. The predicted octanol–water partition coefficient (Wildman–Crippen LogP) is 1.54. The van der Waals surface area contributed by atoms with E-state index in [0.29, 0.717) is 0 Å². The zero-order chi connectivity index (χ0) is 14.0. The second-order valence-electron chi connectivity index (χ2n) is 4.14. The van der Waals surface area contributed by atoms with Crippen LogP contribution < -0.4 is 5.32 Å². The first-order chi connectivity index (χ1) is 8.97. The Bertz CT molecular complexity index is 520. The maximum absolute atomic E-state index is 13.3. The summed E-state index contributed by atoms with van der Waals surface area (Å²) in [6.07, 6.45) is -1.57. The summed E-state index contributed by atoms with van der Waals surface area (Å²) in [5.74, 6) is -3.30. The van der Waals surface area contributed by atoms with Gasteiger partial charge in [0.25, 0.3) is 5.91 Å². The number of rotatable bonds is 3. The Hall–Kier alpha value is -2.02. The van der Waals surface area contributed by atoms with Crippen molar-refractivity contribution in [2.24, 2.45) is 0 Å². The Labute approximate surface area is 107 Å². The summed E-state index contributed by atoms with van der Waals surface area (Å²) in [6, 6.07) is 2.66. The van der Waals surface area contributed by atoms with E-state index in [9.17, 15) is 18.4 Å². The fourth-order valence-electron chi connectivity index (χ4n) is 1.82. The smallest absolute Gasteiger partial charge is 0.332 e. The van der Waals surface area contributed by atoms with Crippen LogP contribution in [0.2, 0.25) is 0 Å². The number of halogens is 2. The third-order valence-electron chi connectivity index (χ3n) is 2.77. The van der Waals surface area contributed by atoms with Gasteiger partial charge < -0.3 is 15.2 Å². The number of benzene rings is 1. The van der Waals surface area contributed by atoms with Crippen LogP contribution in [-0.4, -0.2) is 29.2 Å². The molecule has 2 unspecified atom stereocenters. The van der Waals surface area contributed by atoms with Crippen LogP contribution in [0.15, 0.2) is 18.2 Å². The van der Waals surface area contributed by atoms with E-state index in [-0.39, 0.29) is 18.5 Å². The van der Waals surface area contributed by atoms with Gasteiger partial charge in [-0.05, 0) is 25.0 Å². The molecule has 5 nitrogen and oxygen atoms in total. The topological polar surface area (TPSA) is 75.6 Å². The molecule has 0 aliphatic carbocycles. The third-order valence-corrected chi connectivity index (χ3v) is 2.77. The van der Waals surface area contributed by atoms with Gasteiger partial charge in [0.15, 0.2) is 6.10 Å². The van der Waals surface area contributed by atoms with Crippen molar-refractivity contribution in [3.8, 4) is 0 Å². The highest BCUT2D eigenvalue weighted by Crippen LogP contribution is 2.22. The third kappa shape index (κ3) is 3.05. The number of ether oxygens (including phenoxy) is 1. The lowest BCUT2D eigenvalue weighted by Gasteiger charge is -2.12. The summed E-state index contributed by atoms with van der Waals surface area (Å²) in [7, 11) is 0. The quantitative estimate of drug-likeness (QED) is 0.874. The summed E-state index contributed by atoms with van der Waals surface area (Å²) in [4.78, 5) is 22.4. The molecule has 1 fully saturated rings. The summed E-state index contributed by atoms with van der Waals surface area (Å²) < 4.78 is 31.2. The number of carbonyl (C=O) groups is 2. The minimum atomic E-state index is -1.15. The zero-order valence-electron chi connectivity index (χ0n) is 9.73. The Kier molecular flexibility index (Phi) is 3.75. The summed E-state index contributed by atoms with van der Waals surface area (Å²) in [5.41, 5.74) is -0.299. The minimum absolute atomic E-state index is 0.207. The van der Waals surface area contributed by atoms with Gasteiger partial charge in [-0.15, -0.1) is 0 Å². The number of amides is 1. The van der Waals surface area contributed by atoms with Gasteiger partial charge in [0, 0.05) is 6.07 Å². The van der Waals surface area contributed by atoms with E-state index in [1.807, 2.05) is 0 Å². The Balaban J connectivity index is 2.02. The van der Waals surface area contributed by atoms with Crippen LogP contribution in [0.1, 0.15) is 12.8 Å². The van der Waals surface area contributed by atoms with Crippen molar-refractivity contribution in [3.05, 3.63) is 29.8 Å². The standard InChI is InChI=1S/C12H11F2NO4/c13-6-1-2-7(14)8(5-6)15-11(16)9-3-4-10(19-9)12(17)18/h1-2,5,9-10H,3-4H2,(H,15,16)(H,17,18). The molecule has 0 saturated carbocycles. The highest BCUT2D eigenvalue weighted by Gasteiger charge is 2.34. The second-order valence-corrected chi connectivity index (χ2v) is 4.14. The molecule has 1 aliphatic heterocycles. The van der Waals surface area contributed by atoms with E-state index in [1.165, 1.54) is 0 Å². The second kappa shape index (κ2) is 5.31. The molecular formula is C12H11F2NO4. The van der Waals surface area contributed by atoms with E-state index in [0.717, 1.165) is 18.2 Å². The molecule has 0 spiro atoms. The molecular weight excluding hydrogens is 260 g/mol. The number of nitrogens with one attached hydrogen (secondary N) is 1. The maximum Gasteiger partial charge on any atom is 0.332 e. The first-order valence-electron chi connectivity index (χ1n) is 5.61. The Morgan fingerprint density at radius 2 is 1.95 bits per heavy atom. The first-order valence-corrected chi connectivity index (χ1v) is 5.61. The lowest BCUT2D eigenvalue weighted by atomic mass is 10.2. The molecule has 7 heteroatoms. The zero-order valence-corrected chi connectivity index (χ0v) is 9.73. The molecule has 1 aromatic carbocycles. The SMILES string of the molecule is O=C(O)C1CCC(C(=O)Nc2cc(F)ccc2F)O1. The molecule has 0 radical (unpaired) electrons. The largest absolute Gasteiger partial charge is 0.479 e. The van der Waals surface area contributed by atoms with Crippen molar-refractivity contribution in [2.75, 3.05) is 5.32 Å². The van der Waals surface area contributed by atoms with Gasteiger partial charge in [0.2, 0.25) is 0 Å². The molecule has 19 heavy (non-hydrogen) atoms. The van der Waals surface area contributed by atoms with Gasteiger partial charge in [0.1, 0.15) is 17.7 Å². The number of hydrogen-bond acceptors (Lipinski definition) is 3. The lowest BCUT2D eigenvalue weighted by molar-refractivity contribution is -0.150. The van der Waals surface area contributed by atoms with Gasteiger partial charge in [-0.25, -0.2) is 13.6 Å². The molecule has 102 valence electrons. The maximum atomic E-state index is 13.3. The van der Waals surface area contributed by atoms with Crippen LogP contribution >= 0.6 is 0 Å². The highest BCUT2D eigenvalue weighted by molar-refractivity contribution is 5.94. The molecule has 0 aromatic heterocycles. The molecule has 1 aliphatic rings. The predicted molar refractivity (Wildman–Crippen MR) is 60.5 cm³/mol. The first kappa shape index (κ1) is 13.4. The normalized spacial score (nSPS) is 22.2. The van der Waals surface area contributed by atoms with Gasteiger partial charge in [-0.1, -0.05) is 0 Å². The van der Waals surface area contributed by atoms with Crippen molar-refractivity contribution in [2.45, 2.75) is 25.0 Å². The van der Waals surface area contributed by atoms with Crippen LogP contribution in [0.5, 0.6) is 0 Å². The molecule has 2 N–H and O–H groups in total. The van der Waals surface area contributed by atoms with Gasteiger partial charge in [0.05, 0.1) is 5.69 Å². The van der Waals surface area contributed by atoms with Crippen LogP contribution in [0.3, 0.4) is 0 Å². The van der Waals surface area contributed by atoms with Crippen molar-refractivity contribution in [1.29, 1.82) is 0 Å². The molecule has 1 saturated heterocycles. The minimum Gasteiger partial charge on any atom is -0.479 e. The van der Waals surface area contributed by atoms with E-state index >= 15 is 0 Å². The van der Waals surface area contributed by atoms with Gasteiger partial charge in [-0.2, -0.15) is 0 Å². The van der Waals surface area contributed by atoms with E-state index in [2.05, 4.69) is 5.32 Å². The number of anilines is 1. The summed E-state index contributed by atoms with van der Waals surface area (Å²) in [5, 5.41) is 10.9. The van der Waals surface area contributed by atoms with Crippen LogP contribution in [0, 0.1) is 11.6 Å².